The fraction of sp³-hybridized carbons (Fsp3) is 0.500. The number of rotatable bonds is 5. The molecule has 0 aromatic heterocycles. The van der Waals surface area contributed by atoms with Crippen molar-refractivity contribution < 1.29 is 59.3 Å². The molecule has 0 aliphatic rings. The van der Waals surface area contributed by atoms with Gasteiger partial charge in [0.05, 0.1) is 5.97 Å². The number of nitrogens with one attached hydrogen (secondary N) is 1. The van der Waals surface area contributed by atoms with Crippen LogP contribution in [-0.2, 0) is 14.4 Å². The smallest absolute Gasteiger partial charge is 0.548 e. The third-order valence-electron chi connectivity index (χ3n) is 1.26. The third kappa shape index (κ3) is 5.18. The van der Waals surface area contributed by atoms with Gasteiger partial charge in [0.1, 0.15) is 0 Å². The second-order valence-corrected chi connectivity index (χ2v) is 2.32. The van der Waals surface area contributed by atoms with Gasteiger partial charge in [0.15, 0.2) is 0 Å². The van der Waals surface area contributed by atoms with Gasteiger partial charge in [-0.25, -0.2) is 9.59 Å². The van der Waals surface area contributed by atoms with Crippen LogP contribution in [0.5, 0.6) is 0 Å². The van der Waals surface area contributed by atoms with Crippen LogP contribution in [0, 0.1) is 0 Å². The summed E-state index contributed by atoms with van der Waals surface area (Å²) in [6.07, 6.45) is 0. The molecule has 0 aromatic rings. The molecule has 0 saturated heterocycles. The summed E-state index contributed by atoms with van der Waals surface area (Å²) < 4.78 is 0. The first-order chi connectivity index (χ1) is 5.86. The van der Waals surface area contributed by atoms with Crippen molar-refractivity contribution in [2.45, 2.75) is 19.0 Å². The van der Waals surface area contributed by atoms with Gasteiger partial charge in [0.2, 0.25) is 6.04 Å². The zero-order chi connectivity index (χ0) is 10.6. The average molecular weight is 213 g/mol. The molecule has 0 bridgehead atoms. The van der Waals surface area contributed by atoms with Gasteiger partial charge < -0.3 is 20.1 Å². The Hall–Kier alpha value is -0.630. The molecule has 0 aromatic carbocycles. The topological polar surface area (TPSA) is 127 Å². The molecular weight excluding hydrogens is 205 g/mol. The van der Waals surface area contributed by atoms with Gasteiger partial charge in [-0.2, -0.15) is 0 Å². The number of carbonyl (C=O) groups is 3. The van der Waals surface area contributed by atoms with Crippen molar-refractivity contribution in [2.75, 3.05) is 0 Å². The van der Waals surface area contributed by atoms with Crippen molar-refractivity contribution in [1.29, 1.82) is 0 Å². The number of hydrogen-bond acceptors (Lipinski definition) is 5. The maximum absolute atomic E-state index is 10.2. The predicted molar refractivity (Wildman–Crippen MR) is 36.7 cm³/mol. The molecule has 0 aliphatic heterocycles. The van der Waals surface area contributed by atoms with Crippen LogP contribution in [0.3, 0.4) is 0 Å². The molecule has 0 radical (unpaired) electrons. The maximum atomic E-state index is 10.2. The molecule has 1 atom stereocenters. The van der Waals surface area contributed by atoms with Gasteiger partial charge >= 0.3 is 41.5 Å². The minimum Gasteiger partial charge on any atom is -0.548 e. The van der Waals surface area contributed by atoms with E-state index in [-0.39, 0.29) is 29.6 Å². The third-order valence-corrected chi connectivity index (χ3v) is 1.26. The molecule has 14 heavy (non-hydrogen) atoms. The molecule has 7 nitrogen and oxygen atoms in total. The summed E-state index contributed by atoms with van der Waals surface area (Å²) >= 11 is 0. The van der Waals surface area contributed by atoms with Crippen LogP contribution in [0.2, 0.25) is 0 Å². The second kappa shape index (κ2) is 6.77. The van der Waals surface area contributed by atoms with E-state index < -0.39 is 30.0 Å². The van der Waals surface area contributed by atoms with Crippen molar-refractivity contribution in [2.24, 2.45) is 0 Å². The average Bonchev–Trinajstić information content (AvgIpc) is 1.97. The Balaban J connectivity index is 0. The standard InChI is InChI=1S/C6H9NO6.Na/c1-2(4(8)9)7-3(5(10)11)6(12)13;/h2-3,7H,1H3,(H,8,9)(H,10,11)(H,12,13);/q;+1/p-1/t2-;/m0./s1. The minimum absolute atomic E-state index is 0. The largest absolute Gasteiger partial charge is 1.00 e. The Kier molecular flexibility index (Phi) is 7.65. The van der Waals surface area contributed by atoms with Gasteiger partial charge in [-0.3, -0.25) is 5.32 Å². The summed E-state index contributed by atoms with van der Waals surface area (Å²) in [7, 11) is 0. The zero-order valence-corrected chi connectivity index (χ0v) is 9.68. The first-order valence-electron chi connectivity index (χ1n) is 3.28. The van der Waals surface area contributed by atoms with Crippen molar-refractivity contribution in [3.05, 3.63) is 0 Å². The summed E-state index contributed by atoms with van der Waals surface area (Å²) in [6, 6.07) is -3.27. The Morgan fingerprint density at radius 2 is 1.57 bits per heavy atom. The molecule has 3 N–H and O–H groups in total. The van der Waals surface area contributed by atoms with E-state index in [2.05, 4.69) is 0 Å². The van der Waals surface area contributed by atoms with E-state index >= 15 is 0 Å². The first-order valence-corrected chi connectivity index (χ1v) is 3.28. The molecule has 0 spiro atoms. The monoisotopic (exact) mass is 213 g/mol. The van der Waals surface area contributed by atoms with Gasteiger partial charge in [0.25, 0.3) is 0 Å². The second-order valence-electron chi connectivity index (χ2n) is 2.32. The van der Waals surface area contributed by atoms with Crippen molar-refractivity contribution in [3.8, 4) is 0 Å². The van der Waals surface area contributed by atoms with Gasteiger partial charge in [-0.1, -0.05) is 0 Å². The summed E-state index contributed by atoms with van der Waals surface area (Å²) in [5.74, 6) is -4.87. The Labute approximate surface area is 101 Å². The Morgan fingerprint density at radius 1 is 1.21 bits per heavy atom. The number of carbonyl (C=O) groups excluding carboxylic acids is 1. The summed E-state index contributed by atoms with van der Waals surface area (Å²) in [6.45, 7) is 1.09. The van der Waals surface area contributed by atoms with Crippen LogP contribution < -0.4 is 40.0 Å². The number of aliphatic carboxylic acids is 3. The van der Waals surface area contributed by atoms with Crippen molar-refractivity contribution in [1.82, 2.24) is 5.32 Å². The fourth-order valence-corrected chi connectivity index (χ4v) is 0.566. The van der Waals surface area contributed by atoms with Gasteiger partial charge in [-0.05, 0) is 6.92 Å². The quantitative estimate of drug-likeness (QED) is 0.306. The molecule has 74 valence electrons. The van der Waals surface area contributed by atoms with E-state index in [1.54, 1.807) is 0 Å². The molecule has 0 saturated carbocycles. The van der Waals surface area contributed by atoms with Crippen molar-refractivity contribution >= 4 is 17.9 Å². The van der Waals surface area contributed by atoms with Gasteiger partial charge in [0, 0.05) is 6.04 Å². The first kappa shape index (κ1) is 15.8. The maximum Gasteiger partial charge on any atom is 1.00 e. The van der Waals surface area contributed by atoms with E-state index in [9.17, 15) is 19.5 Å². The molecule has 0 unspecified atom stereocenters. The van der Waals surface area contributed by atoms with Crippen molar-refractivity contribution in [3.63, 3.8) is 0 Å². The molecule has 0 amide bonds. The Morgan fingerprint density at radius 3 is 1.79 bits per heavy atom. The molecule has 0 aliphatic carbocycles. The van der Waals surface area contributed by atoms with Gasteiger partial charge in [-0.15, -0.1) is 0 Å². The number of carboxylic acids is 3. The van der Waals surface area contributed by atoms with E-state index in [0.29, 0.717) is 0 Å². The van der Waals surface area contributed by atoms with E-state index in [0.717, 1.165) is 6.92 Å². The SMILES string of the molecule is C[C@H](NC(C(=O)O)C(=O)O)C(=O)[O-].[Na+]. The molecule has 0 fully saturated rings. The van der Waals surface area contributed by atoms with Crippen LogP contribution >= 0.6 is 0 Å². The summed E-state index contributed by atoms with van der Waals surface area (Å²) in [5.41, 5.74) is 0. The normalized spacial score (nSPS) is 11.6. The molecule has 0 rings (SSSR count). The summed E-state index contributed by atoms with van der Waals surface area (Å²) in [4.78, 5) is 30.6. The van der Waals surface area contributed by atoms with E-state index in [4.69, 9.17) is 10.2 Å². The molecule has 0 heterocycles. The van der Waals surface area contributed by atoms with E-state index in [1.165, 1.54) is 0 Å². The van der Waals surface area contributed by atoms with Crippen LogP contribution in [0.15, 0.2) is 0 Å². The zero-order valence-electron chi connectivity index (χ0n) is 7.68. The number of carboxylic acid groups (broad SMARTS) is 3. The van der Waals surface area contributed by atoms with Crippen LogP contribution in [0.1, 0.15) is 6.92 Å². The summed E-state index contributed by atoms with van der Waals surface area (Å²) in [5, 5.41) is 28.6. The Bertz CT molecular complexity index is 228. The van der Waals surface area contributed by atoms with Crippen LogP contribution in [0.25, 0.3) is 0 Å². The number of hydrogen-bond donors (Lipinski definition) is 3. The molecule has 8 heteroatoms. The van der Waals surface area contributed by atoms with Crippen LogP contribution in [0.4, 0.5) is 0 Å². The predicted octanol–water partition coefficient (Wildman–Crippen LogP) is -5.74. The molecular formula is C6H8NNaO6. The van der Waals surface area contributed by atoms with Crippen LogP contribution in [-0.4, -0.2) is 40.2 Å². The fourth-order valence-electron chi connectivity index (χ4n) is 0.566. The van der Waals surface area contributed by atoms with E-state index in [1.807, 2.05) is 5.32 Å². The minimum atomic E-state index is -1.94.